The Morgan fingerprint density at radius 2 is 2.00 bits per heavy atom. The molecule has 94 valence electrons. The monoisotopic (exact) mass is 250 g/mol. The maximum Gasteiger partial charge on any atom is 0.166 e. The number of hydrogen-bond acceptors (Lipinski definition) is 3. The van der Waals surface area contributed by atoms with E-state index in [0.717, 1.165) is 18.2 Å². The molecule has 18 heavy (non-hydrogen) atoms. The summed E-state index contributed by atoms with van der Waals surface area (Å²) in [6.45, 7) is 1.80. The Balaban J connectivity index is 2.21. The summed E-state index contributed by atoms with van der Waals surface area (Å²) in [6.07, 6.45) is 1.42. The molecule has 0 saturated carbocycles. The molecule has 0 unspecified atom stereocenters. The lowest BCUT2D eigenvalue weighted by Gasteiger charge is -2.08. The van der Waals surface area contributed by atoms with Crippen LogP contribution in [-0.2, 0) is 0 Å². The molecule has 0 bridgehead atoms. The van der Waals surface area contributed by atoms with E-state index in [0.29, 0.717) is 11.4 Å². The largest absolute Gasteiger partial charge is 0.453 e. The van der Waals surface area contributed by atoms with Gasteiger partial charge in [0, 0.05) is 12.1 Å². The second-order valence-corrected chi connectivity index (χ2v) is 3.88. The van der Waals surface area contributed by atoms with Crippen LogP contribution >= 0.6 is 0 Å². The Kier molecular flexibility index (Phi) is 3.53. The number of pyridine rings is 1. The molecular weight excluding hydrogens is 238 g/mol. The van der Waals surface area contributed by atoms with E-state index in [2.05, 4.69) is 4.98 Å². The van der Waals surface area contributed by atoms with Crippen molar-refractivity contribution in [3.05, 3.63) is 53.9 Å². The van der Waals surface area contributed by atoms with Crippen molar-refractivity contribution in [3.8, 4) is 11.5 Å². The third-order valence-electron chi connectivity index (χ3n) is 2.35. The number of benzene rings is 1. The molecule has 2 rings (SSSR count). The molecule has 2 aromatic rings. The van der Waals surface area contributed by atoms with E-state index in [1.165, 1.54) is 6.20 Å². The van der Waals surface area contributed by atoms with Crippen LogP contribution < -0.4 is 10.5 Å². The Hall–Kier alpha value is -2.01. The normalized spacial score (nSPS) is 12.2. The smallest absolute Gasteiger partial charge is 0.166 e. The maximum absolute atomic E-state index is 13.3. The summed E-state index contributed by atoms with van der Waals surface area (Å²) < 4.78 is 31.5. The number of nitrogens with two attached hydrogens (primary N) is 1. The highest BCUT2D eigenvalue weighted by Gasteiger charge is 2.07. The van der Waals surface area contributed by atoms with E-state index < -0.39 is 11.6 Å². The van der Waals surface area contributed by atoms with Gasteiger partial charge >= 0.3 is 0 Å². The topological polar surface area (TPSA) is 48.1 Å². The molecular formula is C13H12F2N2O. The Bertz CT molecular complexity index is 541. The second kappa shape index (κ2) is 5.10. The average Bonchev–Trinajstić information content (AvgIpc) is 2.34. The van der Waals surface area contributed by atoms with E-state index in [-0.39, 0.29) is 11.8 Å². The van der Waals surface area contributed by atoms with Crippen LogP contribution in [0.2, 0.25) is 0 Å². The molecule has 0 saturated heterocycles. The van der Waals surface area contributed by atoms with Crippen molar-refractivity contribution in [1.82, 2.24) is 4.98 Å². The van der Waals surface area contributed by atoms with Gasteiger partial charge in [-0.1, -0.05) is 0 Å². The van der Waals surface area contributed by atoms with Crippen LogP contribution in [0.3, 0.4) is 0 Å². The van der Waals surface area contributed by atoms with Gasteiger partial charge in [-0.15, -0.1) is 0 Å². The lowest BCUT2D eigenvalue weighted by molar-refractivity contribution is 0.434. The molecule has 0 aliphatic rings. The van der Waals surface area contributed by atoms with Gasteiger partial charge in [-0.2, -0.15) is 0 Å². The van der Waals surface area contributed by atoms with Crippen LogP contribution in [0.15, 0.2) is 36.5 Å². The standard InChI is InChI=1S/C13H12F2N2O/c1-8(16)12-5-3-10(7-17-12)18-13-6-9(14)2-4-11(13)15/h2-8H,16H2,1H3/t8-/m0/s1. The molecule has 3 nitrogen and oxygen atoms in total. The third kappa shape index (κ3) is 2.81. The number of hydrogen-bond donors (Lipinski definition) is 1. The van der Waals surface area contributed by atoms with Gasteiger partial charge in [0.25, 0.3) is 0 Å². The van der Waals surface area contributed by atoms with E-state index in [4.69, 9.17) is 10.5 Å². The number of rotatable bonds is 3. The highest BCUT2D eigenvalue weighted by Crippen LogP contribution is 2.25. The van der Waals surface area contributed by atoms with Gasteiger partial charge in [-0.25, -0.2) is 8.78 Å². The van der Waals surface area contributed by atoms with Gasteiger partial charge in [0.15, 0.2) is 11.6 Å². The summed E-state index contributed by atoms with van der Waals surface area (Å²) >= 11 is 0. The van der Waals surface area contributed by atoms with E-state index in [9.17, 15) is 8.78 Å². The third-order valence-corrected chi connectivity index (χ3v) is 2.35. The summed E-state index contributed by atoms with van der Waals surface area (Å²) in [5.74, 6) is -1.05. The van der Waals surface area contributed by atoms with Crippen LogP contribution in [0.1, 0.15) is 18.7 Å². The first-order valence-corrected chi connectivity index (χ1v) is 5.40. The van der Waals surface area contributed by atoms with Crippen molar-refractivity contribution >= 4 is 0 Å². The Morgan fingerprint density at radius 3 is 2.61 bits per heavy atom. The van der Waals surface area contributed by atoms with Crippen LogP contribution in [0.5, 0.6) is 11.5 Å². The van der Waals surface area contributed by atoms with Gasteiger partial charge < -0.3 is 10.5 Å². The average molecular weight is 250 g/mol. The fourth-order valence-corrected chi connectivity index (χ4v) is 1.40. The predicted octanol–water partition coefficient (Wildman–Crippen LogP) is 3.17. The SMILES string of the molecule is C[C@H](N)c1ccc(Oc2cc(F)ccc2F)cn1. The van der Waals surface area contributed by atoms with Gasteiger partial charge in [0.2, 0.25) is 0 Å². The quantitative estimate of drug-likeness (QED) is 0.910. The number of ether oxygens (including phenoxy) is 1. The van der Waals surface area contributed by atoms with Gasteiger partial charge in [-0.3, -0.25) is 4.98 Å². The first-order valence-electron chi connectivity index (χ1n) is 5.40. The van der Waals surface area contributed by atoms with Crippen molar-refractivity contribution < 1.29 is 13.5 Å². The second-order valence-electron chi connectivity index (χ2n) is 3.88. The van der Waals surface area contributed by atoms with E-state index in [1.807, 2.05) is 0 Å². The molecule has 2 N–H and O–H groups in total. The molecule has 0 aliphatic heterocycles. The lowest BCUT2D eigenvalue weighted by atomic mass is 10.2. The van der Waals surface area contributed by atoms with Crippen LogP contribution in [0.4, 0.5) is 8.78 Å². The van der Waals surface area contributed by atoms with Crippen LogP contribution in [0, 0.1) is 11.6 Å². The molecule has 0 fully saturated rings. The zero-order chi connectivity index (χ0) is 13.1. The highest BCUT2D eigenvalue weighted by atomic mass is 19.1. The zero-order valence-electron chi connectivity index (χ0n) is 9.73. The fourth-order valence-electron chi connectivity index (χ4n) is 1.40. The molecule has 0 spiro atoms. The predicted molar refractivity (Wildman–Crippen MR) is 63.3 cm³/mol. The van der Waals surface area contributed by atoms with Gasteiger partial charge in [-0.05, 0) is 31.2 Å². The van der Waals surface area contributed by atoms with E-state index in [1.54, 1.807) is 19.1 Å². The fraction of sp³-hybridized carbons (Fsp3) is 0.154. The summed E-state index contributed by atoms with van der Waals surface area (Å²) in [6, 6.07) is 6.11. The molecule has 5 heteroatoms. The molecule has 1 aromatic carbocycles. The van der Waals surface area contributed by atoms with Gasteiger partial charge in [0.1, 0.15) is 11.6 Å². The Morgan fingerprint density at radius 1 is 1.22 bits per heavy atom. The molecule has 0 aliphatic carbocycles. The van der Waals surface area contributed by atoms with Crippen molar-refractivity contribution in [2.45, 2.75) is 13.0 Å². The molecule has 0 radical (unpaired) electrons. The number of halogens is 2. The van der Waals surface area contributed by atoms with Crippen LogP contribution in [0.25, 0.3) is 0 Å². The molecule has 0 amide bonds. The lowest BCUT2D eigenvalue weighted by Crippen LogP contribution is -2.06. The van der Waals surface area contributed by atoms with Crippen molar-refractivity contribution in [2.24, 2.45) is 5.73 Å². The van der Waals surface area contributed by atoms with Gasteiger partial charge in [0.05, 0.1) is 11.9 Å². The number of nitrogens with zero attached hydrogens (tertiary/aromatic N) is 1. The summed E-state index contributed by atoms with van der Waals surface area (Å²) in [7, 11) is 0. The minimum atomic E-state index is -0.632. The maximum atomic E-state index is 13.3. The molecule has 1 heterocycles. The van der Waals surface area contributed by atoms with Crippen molar-refractivity contribution in [3.63, 3.8) is 0 Å². The first-order chi connectivity index (χ1) is 8.56. The van der Waals surface area contributed by atoms with Crippen molar-refractivity contribution in [2.75, 3.05) is 0 Å². The molecule has 1 atom stereocenters. The Labute approximate surface area is 103 Å². The minimum absolute atomic E-state index is 0.176. The van der Waals surface area contributed by atoms with Crippen molar-refractivity contribution in [1.29, 1.82) is 0 Å². The van der Waals surface area contributed by atoms with E-state index >= 15 is 0 Å². The molecule has 1 aromatic heterocycles. The summed E-state index contributed by atoms with van der Waals surface area (Å²) in [5.41, 5.74) is 6.34. The zero-order valence-corrected chi connectivity index (χ0v) is 9.73. The minimum Gasteiger partial charge on any atom is -0.453 e. The first kappa shape index (κ1) is 12.4. The number of aromatic nitrogens is 1. The highest BCUT2D eigenvalue weighted by molar-refractivity contribution is 5.31. The summed E-state index contributed by atoms with van der Waals surface area (Å²) in [5, 5.41) is 0. The van der Waals surface area contributed by atoms with Crippen LogP contribution in [-0.4, -0.2) is 4.98 Å². The summed E-state index contributed by atoms with van der Waals surface area (Å²) in [4.78, 5) is 4.06.